The zero-order chi connectivity index (χ0) is 15.7. The van der Waals surface area contributed by atoms with Gasteiger partial charge in [-0.2, -0.15) is 17.0 Å². The largest absolute Gasteiger partial charge is 0.468 e. The molecule has 0 radical (unpaired) electrons. The molecule has 7 nitrogen and oxygen atoms in total. The fourth-order valence-corrected chi connectivity index (χ4v) is 5.23. The summed E-state index contributed by atoms with van der Waals surface area (Å²) < 4.78 is 34.1. The molecule has 22 heavy (non-hydrogen) atoms. The number of hydrogen-bond donors (Lipinski definition) is 1. The Kier molecular flexibility index (Phi) is 4.24. The number of amides is 1. The molecular formula is C14H21N3O4S. The predicted molar refractivity (Wildman–Crippen MR) is 79.8 cm³/mol. The van der Waals surface area contributed by atoms with Crippen LogP contribution in [0.25, 0.3) is 0 Å². The van der Waals surface area contributed by atoms with Crippen molar-refractivity contribution in [1.82, 2.24) is 8.61 Å². The van der Waals surface area contributed by atoms with Gasteiger partial charge in [0.25, 0.3) is 10.2 Å². The van der Waals surface area contributed by atoms with Crippen molar-refractivity contribution in [2.45, 2.75) is 31.7 Å². The summed E-state index contributed by atoms with van der Waals surface area (Å²) >= 11 is 0. The third-order valence-corrected chi connectivity index (χ3v) is 6.50. The third-order valence-electron chi connectivity index (χ3n) is 4.48. The highest BCUT2D eigenvalue weighted by Crippen LogP contribution is 2.36. The first-order valence-corrected chi connectivity index (χ1v) is 8.99. The quantitative estimate of drug-likeness (QED) is 0.887. The summed E-state index contributed by atoms with van der Waals surface area (Å²) in [7, 11) is -3.60. The molecule has 2 N–H and O–H groups in total. The van der Waals surface area contributed by atoms with Crippen LogP contribution in [0.3, 0.4) is 0 Å². The first-order valence-electron chi connectivity index (χ1n) is 7.60. The van der Waals surface area contributed by atoms with Gasteiger partial charge in [0.05, 0.1) is 18.2 Å². The van der Waals surface area contributed by atoms with E-state index in [1.54, 1.807) is 18.4 Å². The minimum atomic E-state index is -3.60. The minimum Gasteiger partial charge on any atom is -0.468 e. The van der Waals surface area contributed by atoms with E-state index in [2.05, 4.69) is 0 Å². The number of piperidine rings is 1. The van der Waals surface area contributed by atoms with E-state index in [4.69, 9.17) is 10.2 Å². The summed E-state index contributed by atoms with van der Waals surface area (Å²) in [5.41, 5.74) is 5.34. The SMILES string of the molecule is NC(=O)[C@H]1CCCN(S(=O)(=O)N2CCC[C@H]2c2ccco2)C1. The highest BCUT2D eigenvalue weighted by molar-refractivity contribution is 7.86. The van der Waals surface area contributed by atoms with E-state index in [-0.39, 0.29) is 12.6 Å². The van der Waals surface area contributed by atoms with Crippen molar-refractivity contribution in [2.75, 3.05) is 19.6 Å². The molecule has 3 rings (SSSR count). The fraction of sp³-hybridized carbons (Fsp3) is 0.643. The number of carbonyl (C=O) groups excluding carboxylic acids is 1. The summed E-state index contributed by atoms with van der Waals surface area (Å²) in [6.45, 7) is 1.10. The summed E-state index contributed by atoms with van der Waals surface area (Å²) in [4.78, 5) is 11.4. The van der Waals surface area contributed by atoms with Gasteiger partial charge in [-0.1, -0.05) is 0 Å². The van der Waals surface area contributed by atoms with E-state index in [1.807, 2.05) is 0 Å². The molecule has 0 unspecified atom stereocenters. The molecule has 1 amide bonds. The zero-order valence-electron chi connectivity index (χ0n) is 12.3. The van der Waals surface area contributed by atoms with Crippen molar-refractivity contribution in [3.05, 3.63) is 24.2 Å². The van der Waals surface area contributed by atoms with Crippen LogP contribution in [0.1, 0.15) is 37.5 Å². The smallest absolute Gasteiger partial charge is 0.282 e. The Hall–Kier alpha value is -1.38. The van der Waals surface area contributed by atoms with E-state index in [0.29, 0.717) is 31.7 Å². The monoisotopic (exact) mass is 327 g/mol. The molecular weight excluding hydrogens is 306 g/mol. The highest BCUT2D eigenvalue weighted by atomic mass is 32.2. The first-order chi connectivity index (χ1) is 10.5. The number of rotatable bonds is 4. The van der Waals surface area contributed by atoms with Gasteiger partial charge >= 0.3 is 0 Å². The first kappa shape index (κ1) is 15.5. The van der Waals surface area contributed by atoms with Gasteiger partial charge < -0.3 is 10.2 Å². The Morgan fingerprint density at radius 2 is 2.05 bits per heavy atom. The number of primary amides is 1. The second kappa shape index (κ2) is 6.02. The van der Waals surface area contributed by atoms with Crippen molar-refractivity contribution in [1.29, 1.82) is 0 Å². The highest BCUT2D eigenvalue weighted by Gasteiger charge is 2.42. The second-order valence-corrected chi connectivity index (χ2v) is 7.77. The minimum absolute atomic E-state index is 0.180. The van der Waals surface area contributed by atoms with Crippen LogP contribution in [0.2, 0.25) is 0 Å². The lowest BCUT2D eigenvalue weighted by molar-refractivity contribution is -0.122. The molecule has 0 aliphatic carbocycles. The number of nitrogens with two attached hydrogens (primary N) is 1. The van der Waals surface area contributed by atoms with E-state index < -0.39 is 22.0 Å². The number of nitrogens with zero attached hydrogens (tertiary/aromatic N) is 2. The van der Waals surface area contributed by atoms with Gasteiger partial charge in [0.2, 0.25) is 5.91 Å². The van der Waals surface area contributed by atoms with Crippen molar-refractivity contribution >= 4 is 16.1 Å². The molecule has 2 saturated heterocycles. The average molecular weight is 327 g/mol. The van der Waals surface area contributed by atoms with Gasteiger partial charge in [-0.05, 0) is 37.8 Å². The summed E-state index contributed by atoms with van der Waals surface area (Å²) in [6, 6.07) is 3.32. The normalized spacial score (nSPS) is 28.0. The maximum atomic E-state index is 12.9. The topological polar surface area (TPSA) is 96.8 Å². The van der Waals surface area contributed by atoms with E-state index in [9.17, 15) is 13.2 Å². The van der Waals surface area contributed by atoms with Crippen LogP contribution in [-0.4, -0.2) is 42.6 Å². The Morgan fingerprint density at radius 3 is 2.73 bits per heavy atom. The molecule has 0 saturated carbocycles. The maximum Gasteiger partial charge on any atom is 0.282 e. The third kappa shape index (κ3) is 2.78. The number of carbonyl (C=O) groups is 1. The van der Waals surface area contributed by atoms with Crippen molar-refractivity contribution in [2.24, 2.45) is 11.7 Å². The molecule has 8 heteroatoms. The van der Waals surface area contributed by atoms with Crippen LogP contribution in [0.15, 0.2) is 22.8 Å². The molecule has 1 aromatic rings. The van der Waals surface area contributed by atoms with Crippen LogP contribution in [0.4, 0.5) is 0 Å². The molecule has 2 fully saturated rings. The van der Waals surface area contributed by atoms with Crippen LogP contribution >= 0.6 is 0 Å². The van der Waals surface area contributed by atoms with Gasteiger partial charge in [-0.25, -0.2) is 0 Å². The lowest BCUT2D eigenvalue weighted by Gasteiger charge is -2.34. The predicted octanol–water partition coefficient (Wildman–Crippen LogP) is 0.859. The fourth-order valence-electron chi connectivity index (χ4n) is 3.31. The Morgan fingerprint density at radius 1 is 1.27 bits per heavy atom. The molecule has 122 valence electrons. The molecule has 3 heterocycles. The maximum absolute atomic E-state index is 12.9. The van der Waals surface area contributed by atoms with Gasteiger partial charge in [-0.15, -0.1) is 0 Å². The second-order valence-electron chi connectivity index (χ2n) is 5.89. The van der Waals surface area contributed by atoms with Crippen LogP contribution < -0.4 is 5.73 Å². The molecule has 2 aliphatic rings. The average Bonchev–Trinajstić information content (AvgIpc) is 3.18. The molecule has 2 aliphatic heterocycles. The van der Waals surface area contributed by atoms with E-state index in [0.717, 1.165) is 12.8 Å². The Bertz CT molecular complexity index is 629. The van der Waals surface area contributed by atoms with Gasteiger partial charge in [0.1, 0.15) is 5.76 Å². The lowest BCUT2D eigenvalue weighted by atomic mass is 9.99. The summed E-state index contributed by atoms with van der Waals surface area (Å²) in [5.74, 6) is -0.151. The van der Waals surface area contributed by atoms with Crippen molar-refractivity contribution < 1.29 is 17.6 Å². The molecule has 0 spiro atoms. The summed E-state index contributed by atoms with van der Waals surface area (Å²) in [6.07, 6.45) is 4.43. The van der Waals surface area contributed by atoms with Gasteiger partial charge in [0, 0.05) is 19.6 Å². The standard InChI is InChI=1S/C14H21N3O4S/c15-14(18)11-4-1-7-16(10-11)22(19,20)17-8-2-5-12(17)13-6-3-9-21-13/h3,6,9,11-12H,1-2,4-5,7-8,10H2,(H2,15,18)/t11-,12-/m0/s1. The van der Waals surface area contributed by atoms with Crippen molar-refractivity contribution in [3.63, 3.8) is 0 Å². The molecule has 1 aromatic heterocycles. The van der Waals surface area contributed by atoms with E-state index in [1.165, 1.54) is 8.61 Å². The van der Waals surface area contributed by atoms with Crippen molar-refractivity contribution in [3.8, 4) is 0 Å². The van der Waals surface area contributed by atoms with Gasteiger partial charge in [-0.3, -0.25) is 4.79 Å². The number of furan rings is 1. The summed E-state index contributed by atoms with van der Waals surface area (Å²) in [5, 5.41) is 0. The molecule has 0 aromatic carbocycles. The zero-order valence-corrected chi connectivity index (χ0v) is 13.2. The van der Waals surface area contributed by atoms with Crippen LogP contribution in [0, 0.1) is 5.92 Å². The Balaban J connectivity index is 1.81. The Labute approximate surface area is 130 Å². The van der Waals surface area contributed by atoms with Crippen LogP contribution in [-0.2, 0) is 15.0 Å². The number of hydrogen-bond acceptors (Lipinski definition) is 4. The lowest BCUT2D eigenvalue weighted by Crippen LogP contribution is -2.49. The van der Waals surface area contributed by atoms with E-state index >= 15 is 0 Å². The van der Waals surface area contributed by atoms with Gasteiger partial charge in [0.15, 0.2) is 0 Å². The molecule has 0 bridgehead atoms. The van der Waals surface area contributed by atoms with Crippen LogP contribution in [0.5, 0.6) is 0 Å². The molecule has 2 atom stereocenters.